The Balaban J connectivity index is 0.00000200. The third-order valence-corrected chi connectivity index (χ3v) is 3.40. The van der Waals surface area contributed by atoms with Crippen molar-refractivity contribution in [2.45, 2.75) is 18.9 Å². The average Bonchev–Trinajstić information content (AvgIpc) is 2.87. The van der Waals surface area contributed by atoms with Gasteiger partial charge in [-0.15, -0.1) is 12.4 Å². The van der Waals surface area contributed by atoms with Crippen molar-refractivity contribution in [3.8, 4) is 0 Å². The standard InChI is InChI=1S/C13H17N3O3.ClH/c1-14-9-12-3-2-8-15(12)13(17)10-4-6-11(7-5-10)16(18)19;/h4-7,12,14H,2-3,8-9H2,1H3;1H. The smallest absolute Gasteiger partial charge is 0.269 e. The van der Waals surface area contributed by atoms with Gasteiger partial charge in [0.2, 0.25) is 0 Å². The van der Waals surface area contributed by atoms with E-state index >= 15 is 0 Å². The molecule has 1 N–H and O–H groups in total. The number of rotatable bonds is 4. The molecule has 20 heavy (non-hydrogen) atoms. The first-order valence-corrected chi connectivity index (χ1v) is 6.33. The minimum Gasteiger partial charge on any atom is -0.334 e. The number of halogens is 1. The number of carbonyl (C=O) groups excluding carboxylic acids is 1. The highest BCUT2D eigenvalue weighted by molar-refractivity contribution is 5.94. The summed E-state index contributed by atoms with van der Waals surface area (Å²) >= 11 is 0. The molecule has 0 bridgehead atoms. The maximum absolute atomic E-state index is 12.3. The molecule has 1 fully saturated rings. The number of amides is 1. The van der Waals surface area contributed by atoms with E-state index in [1.807, 2.05) is 11.9 Å². The first-order valence-electron chi connectivity index (χ1n) is 6.33. The Kier molecular flexibility index (Phi) is 5.91. The highest BCUT2D eigenvalue weighted by Gasteiger charge is 2.28. The van der Waals surface area contributed by atoms with Crippen molar-refractivity contribution in [3.05, 3.63) is 39.9 Å². The van der Waals surface area contributed by atoms with Crippen molar-refractivity contribution in [3.63, 3.8) is 0 Å². The maximum atomic E-state index is 12.3. The number of likely N-dealkylation sites (tertiary alicyclic amines) is 1. The van der Waals surface area contributed by atoms with E-state index in [2.05, 4.69) is 5.32 Å². The van der Waals surface area contributed by atoms with Crippen molar-refractivity contribution in [2.75, 3.05) is 20.1 Å². The van der Waals surface area contributed by atoms with Gasteiger partial charge < -0.3 is 10.2 Å². The van der Waals surface area contributed by atoms with Crippen molar-refractivity contribution in [1.29, 1.82) is 0 Å². The van der Waals surface area contributed by atoms with Gasteiger partial charge in [-0.3, -0.25) is 14.9 Å². The number of hydrogen-bond donors (Lipinski definition) is 1. The maximum Gasteiger partial charge on any atom is 0.269 e. The Hall–Kier alpha value is -1.66. The van der Waals surface area contributed by atoms with Crippen molar-refractivity contribution >= 4 is 24.0 Å². The van der Waals surface area contributed by atoms with Crippen LogP contribution in [0.2, 0.25) is 0 Å². The van der Waals surface area contributed by atoms with Crippen LogP contribution in [-0.2, 0) is 0 Å². The highest BCUT2D eigenvalue weighted by atomic mass is 35.5. The van der Waals surface area contributed by atoms with Gasteiger partial charge in [-0.05, 0) is 32.0 Å². The third-order valence-electron chi connectivity index (χ3n) is 3.40. The molecule has 1 aromatic rings. The lowest BCUT2D eigenvalue weighted by Crippen LogP contribution is -2.40. The van der Waals surface area contributed by atoms with E-state index in [1.54, 1.807) is 0 Å². The molecule has 2 rings (SSSR count). The van der Waals surface area contributed by atoms with Gasteiger partial charge in [-0.25, -0.2) is 0 Å². The van der Waals surface area contributed by atoms with Crippen molar-refractivity contribution < 1.29 is 9.72 Å². The average molecular weight is 300 g/mol. The van der Waals surface area contributed by atoms with Crippen molar-refractivity contribution in [2.24, 2.45) is 0 Å². The molecule has 1 aliphatic heterocycles. The van der Waals surface area contributed by atoms with Crippen LogP contribution in [0.3, 0.4) is 0 Å². The fourth-order valence-electron chi connectivity index (χ4n) is 2.44. The second-order valence-electron chi connectivity index (χ2n) is 4.66. The zero-order chi connectivity index (χ0) is 13.8. The first-order chi connectivity index (χ1) is 9.13. The van der Waals surface area contributed by atoms with Crippen LogP contribution in [0.4, 0.5) is 5.69 Å². The molecular weight excluding hydrogens is 282 g/mol. The number of nitrogens with zero attached hydrogens (tertiary/aromatic N) is 2. The lowest BCUT2D eigenvalue weighted by atomic mass is 10.1. The molecule has 1 amide bonds. The molecular formula is C13H18ClN3O3. The molecule has 0 radical (unpaired) electrons. The quantitative estimate of drug-likeness (QED) is 0.680. The molecule has 6 nitrogen and oxygen atoms in total. The second-order valence-corrected chi connectivity index (χ2v) is 4.66. The molecule has 0 aromatic heterocycles. The van der Waals surface area contributed by atoms with Crippen LogP contribution in [0, 0.1) is 10.1 Å². The molecule has 0 spiro atoms. The van der Waals surface area contributed by atoms with E-state index in [0.29, 0.717) is 5.56 Å². The van der Waals surface area contributed by atoms with Gasteiger partial charge in [0.1, 0.15) is 0 Å². The van der Waals surface area contributed by atoms with Crippen LogP contribution in [0.25, 0.3) is 0 Å². The molecule has 110 valence electrons. The van der Waals surface area contributed by atoms with E-state index in [1.165, 1.54) is 24.3 Å². The lowest BCUT2D eigenvalue weighted by molar-refractivity contribution is -0.384. The van der Waals surface area contributed by atoms with E-state index in [9.17, 15) is 14.9 Å². The summed E-state index contributed by atoms with van der Waals surface area (Å²) in [6, 6.07) is 6.00. The Bertz CT molecular complexity index is 478. The molecule has 1 aromatic carbocycles. The summed E-state index contributed by atoms with van der Waals surface area (Å²) in [7, 11) is 1.87. The zero-order valence-corrected chi connectivity index (χ0v) is 12.1. The number of non-ortho nitro benzene ring substituents is 1. The fourth-order valence-corrected chi connectivity index (χ4v) is 2.44. The Morgan fingerprint density at radius 1 is 1.45 bits per heavy atom. The SMILES string of the molecule is CNCC1CCCN1C(=O)c1ccc([N+](=O)[O-])cc1.Cl. The van der Waals surface area contributed by atoms with Crippen LogP contribution in [0.15, 0.2) is 24.3 Å². The van der Waals surface area contributed by atoms with Crippen LogP contribution < -0.4 is 5.32 Å². The van der Waals surface area contributed by atoms with Crippen LogP contribution in [0.5, 0.6) is 0 Å². The minimum absolute atomic E-state index is 0. The Labute approximate surface area is 123 Å². The van der Waals surface area contributed by atoms with Gasteiger partial charge in [-0.1, -0.05) is 0 Å². The van der Waals surface area contributed by atoms with E-state index in [0.717, 1.165) is 25.9 Å². The monoisotopic (exact) mass is 299 g/mol. The largest absolute Gasteiger partial charge is 0.334 e. The van der Waals surface area contributed by atoms with Crippen LogP contribution in [-0.4, -0.2) is 41.9 Å². The number of nitrogens with one attached hydrogen (secondary N) is 1. The van der Waals surface area contributed by atoms with Crippen LogP contribution >= 0.6 is 12.4 Å². The van der Waals surface area contributed by atoms with Gasteiger partial charge >= 0.3 is 0 Å². The molecule has 0 aliphatic carbocycles. The second kappa shape index (κ2) is 7.21. The zero-order valence-electron chi connectivity index (χ0n) is 11.2. The summed E-state index contributed by atoms with van der Waals surface area (Å²) in [4.78, 5) is 24.3. The van der Waals surface area contributed by atoms with Gasteiger partial charge in [0.15, 0.2) is 0 Å². The summed E-state index contributed by atoms with van der Waals surface area (Å²) in [6.45, 7) is 1.53. The number of benzene rings is 1. The Morgan fingerprint density at radius 3 is 2.65 bits per heavy atom. The molecule has 1 unspecified atom stereocenters. The topological polar surface area (TPSA) is 75.5 Å². The highest BCUT2D eigenvalue weighted by Crippen LogP contribution is 2.21. The summed E-state index contributed by atoms with van der Waals surface area (Å²) in [5.41, 5.74) is 0.512. The molecule has 1 atom stereocenters. The summed E-state index contributed by atoms with van der Waals surface area (Å²) < 4.78 is 0. The first kappa shape index (κ1) is 16.4. The summed E-state index contributed by atoms with van der Waals surface area (Å²) in [5, 5.41) is 13.7. The fraction of sp³-hybridized carbons (Fsp3) is 0.462. The molecule has 1 heterocycles. The molecule has 1 aliphatic rings. The molecule has 7 heteroatoms. The van der Waals surface area contributed by atoms with E-state index in [4.69, 9.17) is 0 Å². The number of hydrogen-bond acceptors (Lipinski definition) is 4. The van der Waals surface area contributed by atoms with Crippen molar-refractivity contribution in [1.82, 2.24) is 10.2 Å². The minimum atomic E-state index is -0.464. The normalized spacial score (nSPS) is 17.6. The molecule has 1 saturated heterocycles. The number of nitro groups is 1. The van der Waals surface area contributed by atoms with Gasteiger partial charge in [0.25, 0.3) is 11.6 Å². The van der Waals surface area contributed by atoms with E-state index < -0.39 is 4.92 Å². The lowest BCUT2D eigenvalue weighted by Gasteiger charge is -2.24. The van der Waals surface area contributed by atoms with Gasteiger partial charge in [-0.2, -0.15) is 0 Å². The van der Waals surface area contributed by atoms with E-state index in [-0.39, 0.29) is 30.0 Å². The molecule has 0 saturated carbocycles. The number of nitro benzene ring substituents is 1. The van der Waals surface area contributed by atoms with Gasteiger partial charge in [0, 0.05) is 36.8 Å². The number of carbonyl (C=O) groups is 1. The van der Waals surface area contributed by atoms with Crippen LogP contribution in [0.1, 0.15) is 23.2 Å². The third kappa shape index (κ3) is 3.46. The van der Waals surface area contributed by atoms with Gasteiger partial charge in [0.05, 0.1) is 4.92 Å². The predicted molar refractivity (Wildman–Crippen MR) is 78.3 cm³/mol. The predicted octanol–water partition coefficient (Wildman–Crippen LogP) is 1.84. The summed E-state index contributed by atoms with van der Waals surface area (Å²) in [6.07, 6.45) is 2.00. The number of likely N-dealkylation sites (N-methyl/N-ethyl adjacent to an activating group) is 1. The summed E-state index contributed by atoms with van der Waals surface area (Å²) in [5.74, 6) is -0.0485. The Morgan fingerprint density at radius 2 is 2.10 bits per heavy atom.